The topological polar surface area (TPSA) is 29.0 Å². The predicted octanol–water partition coefficient (Wildman–Crippen LogP) is 1.95. The molecule has 0 fully saturated rings. The smallest absolute Gasteiger partial charge is 0.115 e. The van der Waals surface area contributed by atoms with E-state index >= 15 is 0 Å². The van der Waals surface area contributed by atoms with E-state index in [0.29, 0.717) is 12.1 Å². The van der Waals surface area contributed by atoms with Gasteiger partial charge < -0.3 is 0 Å². The van der Waals surface area contributed by atoms with Crippen molar-refractivity contribution in [3.8, 4) is 11.8 Å². The number of nitrogens with zero attached hydrogens (tertiary/aromatic N) is 3. The van der Waals surface area contributed by atoms with Gasteiger partial charge in [0.1, 0.15) is 6.33 Å². The van der Waals surface area contributed by atoms with Gasteiger partial charge in [-0.2, -0.15) is 0 Å². The fourth-order valence-electron chi connectivity index (χ4n) is 1.56. The zero-order valence-electron chi connectivity index (χ0n) is 10.4. The molecule has 86 valence electrons. The fourth-order valence-corrected chi connectivity index (χ4v) is 1.56. The second-order valence-corrected chi connectivity index (χ2v) is 4.29. The summed E-state index contributed by atoms with van der Waals surface area (Å²) in [5.41, 5.74) is 0.870. The van der Waals surface area contributed by atoms with E-state index in [1.807, 2.05) is 0 Å². The lowest BCUT2D eigenvalue weighted by molar-refractivity contribution is 0.200. The van der Waals surface area contributed by atoms with E-state index < -0.39 is 0 Å². The third kappa shape index (κ3) is 4.00. The molecule has 0 aromatic carbocycles. The molecule has 0 amide bonds. The van der Waals surface area contributed by atoms with Crippen LogP contribution in [0.4, 0.5) is 0 Å². The summed E-state index contributed by atoms with van der Waals surface area (Å²) in [4.78, 5) is 10.2. The molecule has 0 N–H and O–H groups in total. The molecule has 0 saturated heterocycles. The minimum atomic E-state index is 0.515. The van der Waals surface area contributed by atoms with Crippen molar-refractivity contribution in [1.29, 1.82) is 0 Å². The van der Waals surface area contributed by atoms with E-state index in [2.05, 4.69) is 54.4 Å². The summed E-state index contributed by atoms with van der Waals surface area (Å²) in [6.45, 7) is 9.53. The highest BCUT2D eigenvalue weighted by Crippen LogP contribution is 2.03. The molecule has 0 saturated carbocycles. The molecule has 0 atom stereocenters. The maximum atomic E-state index is 3.93. The van der Waals surface area contributed by atoms with Gasteiger partial charge >= 0.3 is 0 Å². The van der Waals surface area contributed by atoms with Gasteiger partial charge in [0.2, 0.25) is 0 Å². The van der Waals surface area contributed by atoms with Gasteiger partial charge in [-0.25, -0.2) is 9.97 Å². The highest BCUT2D eigenvalue weighted by atomic mass is 15.2. The number of hydrogen-bond acceptors (Lipinski definition) is 3. The van der Waals surface area contributed by atoms with Gasteiger partial charge in [-0.3, -0.25) is 4.90 Å². The lowest BCUT2D eigenvalue weighted by Gasteiger charge is -2.28. The number of hydrogen-bond donors (Lipinski definition) is 0. The predicted molar refractivity (Wildman–Crippen MR) is 65.9 cm³/mol. The quantitative estimate of drug-likeness (QED) is 0.725. The van der Waals surface area contributed by atoms with E-state index in [0.717, 1.165) is 12.1 Å². The normalized spacial score (nSPS) is 10.7. The Bertz CT molecular complexity index is 352. The van der Waals surface area contributed by atoms with Crippen molar-refractivity contribution in [3.63, 3.8) is 0 Å². The molecule has 1 heterocycles. The van der Waals surface area contributed by atoms with Crippen LogP contribution in [0, 0.1) is 11.8 Å². The largest absolute Gasteiger partial charge is 0.287 e. The molecule has 0 radical (unpaired) electrons. The van der Waals surface area contributed by atoms with Crippen LogP contribution in [0.15, 0.2) is 18.7 Å². The van der Waals surface area contributed by atoms with Crippen molar-refractivity contribution in [2.75, 3.05) is 6.54 Å². The summed E-state index contributed by atoms with van der Waals surface area (Å²) in [7, 11) is 0. The molecule has 3 heteroatoms. The summed E-state index contributed by atoms with van der Waals surface area (Å²) in [6.07, 6.45) is 4.98. The zero-order chi connectivity index (χ0) is 12.0. The van der Waals surface area contributed by atoms with Crippen LogP contribution in [0.2, 0.25) is 0 Å². The van der Waals surface area contributed by atoms with Crippen molar-refractivity contribution in [3.05, 3.63) is 24.3 Å². The molecule has 1 rings (SSSR count). The first-order chi connectivity index (χ1) is 7.61. The van der Waals surface area contributed by atoms with E-state index in [1.54, 1.807) is 12.4 Å². The monoisotopic (exact) mass is 217 g/mol. The Kier molecular flexibility index (Phi) is 4.94. The lowest BCUT2D eigenvalue weighted by Crippen LogP contribution is -2.37. The average molecular weight is 217 g/mol. The van der Waals surface area contributed by atoms with Crippen LogP contribution in [0.1, 0.15) is 33.3 Å². The minimum absolute atomic E-state index is 0.515. The molecule has 0 aliphatic rings. The van der Waals surface area contributed by atoms with E-state index in [4.69, 9.17) is 0 Å². The van der Waals surface area contributed by atoms with Crippen LogP contribution in [0.3, 0.4) is 0 Å². The van der Waals surface area contributed by atoms with Crippen LogP contribution >= 0.6 is 0 Å². The first kappa shape index (κ1) is 12.7. The molecular weight excluding hydrogens is 198 g/mol. The van der Waals surface area contributed by atoms with E-state index in [1.165, 1.54) is 6.33 Å². The Morgan fingerprint density at radius 1 is 1.12 bits per heavy atom. The maximum absolute atomic E-state index is 3.93. The summed E-state index contributed by atoms with van der Waals surface area (Å²) in [5.74, 6) is 6.23. The van der Waals surface area contributed by atoms with Gasteiger partial charge in [0, 0.05) is 24.5 Å². The fraction of sp³-hybridized carbons (Fsp3) is 0.538. The Hall–Kier alpha value is -1.40. The number of aromatic nitrogens is 2. The third-order valence-corrected chi connectivity index (χ3v) is 2.38. The second kappa shape index (κ2) is 6.24. The van der Waals surface area contributed by atoms with E-state index in [-0.39, 0.29) is 0 Å². The van der Waals surface area contributed by atoms with Crippen molar-refractivity contribution in [1.82, 2.24) is 14.9 Å². The first-order valence-electron chi connectivity index (χ1n) is 5.61. The second-order valence-electron chi connectivity index (χ2n) is 4.29. The summed E-state index contributed by atoms with van der Waals surface area (Å²) in [5, 5.41) is 0. The number of rotatable bonds is 3. The van der Waals surface area contributed by atoms with Gasteiger partial charge in [-0.05, 0) is 27.7 Å². The molecule has 16 heavy (non-hydrogen) atoms. The highest BCUT2D eigenvalue weighted by molar-refractivity contribution is 5.29. The van der Waals surface area contributed by atoms with Crippen molar-refractivity contribution in [2.45, 2.75) is 39.8 Å². The lowest BCUT2D eigenvalue weighted by atomic mass is 10.2. The molecule has 0 aliphatic heterocycles. The van der Waals surface area contributed by atoms with Crippen LogP contribution in [-0.2, 0) is 0 Å². The molecular formula is C13H19N3. The Labute approximate surface area is 97.9 Å². The minimum Gasteiger partial charge on any atom is -0.287 e. The summed E-state index contributed by atoms with van der Waals surface area (Å²) in [6, 6.07) is 1.03. The first-order valence-corrected chi connectivity index (χ1v) is 5.61. The van der Waals surface area contributed by atoms with Gasteiger partial charge in [-0.15, -0.1) is 0 Å². The van der Waals surface area contributed by atoms with E-state index in [9.17, 15) is 0 Å². The molecule has 1 aromatic heterocycles. The van der Waals surface area contributed by atoms with Gasteiger partial charge in [0.25, 0.3) is 0 Å². The summed E-state index contributed by atoms with van der Waals surface area (Å²) >= 11 is 0. The van der Waals surface area contributed by atoms with Crippen LogP contribution in [-0.4, -0.2) is 33.5 Å². The zero-order valence-corrected chi connectivity index (χ0v) is 10.4. The van der Waals surface area contributed by atoms with Crippen molar-refractivity contribution < 1.29 is 0 Å². The molecule has 0 bridgehead atoms. The van der Waals surface area contributed by atoms with Crippen LogP contribution < -0.4 is 0 Å². The standard InChI is InChI=1S/C13H19N3/c1-11(2)16(12(3)4)7-5-6-13-8-14-10-15-9-13/h8-12H,7H2,1-4H3. The summed E-state index contributed by atoms with van der Waals surface area (Å²) < 4.78 is 0. The third-order valence-electron chi connectivity index (χ3n) is 2.38. The van der Waals surface area contributed by atoms with Gasteiger partial charge in [-0.1, -0.05) is 11.8 Å². The van der Waals surface area contributed by atoms with Crippen molar-refractivity contribution >= 4 is 0 Å². The molecule has 0 unspecified atom stereocenters. The van der Waals surface area contributed by atoms with Gasteiger partial charge in [0.05, 0.1) is 12.1 Å². The Balaban J connectivity index is 2.59. The molecule has 0 spiro atoms. The maximum Gasteiger partial charge on any atom is 0.115 e. The molecule has 0 aliphatic carbocycles. The average Bonchev–Trinajstić information content (AvgIpc) is 2.24. The van der Waals surface area contributed by atoms with Crippen LogP contribution in [0.5, 0.6) is 0 Å². The molecule has 1 aromatic rings. The van der Waals surface area contributed by atoms with Crippen molar-refractivity contribution in [2.24, 2.45) is 0 Å². The molecule has 3 nitrogen and oxygen atoms in total. The van der Waals surface area contributed by atoms with Gasteiger partial charge in [0.15, 0.2) is 0 Å². The Morgan fingerprint density at radius 2 is 1.69 bits per heavy atom. The SMILES string of the molecule is CC(C)N(CC#Cc1cncnc1)C(C)C. The Morgan fingerprint density at radius 3 is 2.19 bits per heavy atom. The highest BCUT2D eigenvalue weighted by Gasteiger charge is 2.10. The van der Waals surface area contributed by atoms with Crippen LogP contribution in [0.25, 0.3) is 0 Å².